The van der Waals surface area contributed by atoms with Crippen LogP contribution >= 0.6 is 0 Å². The first-order valence-corrected chi connectivity index (χ1v) is 9.02. The van der Waals surface area contributed by atoms with Crippen molar-refractivity contribution in [2.75, 3.05) is 13.7 Å². The molecule has 0 spiro atoms. The molecule has 4 heteroatoms. The van der Waals surface area contributed by atoms with E-state index in [1.54, 1.807) is 7.11 Å². The zero-order chi connectivity index (χ0) is 17.9. The second-order valence-electron chi connectivity index (χ2n) is 6.76. The van der Waals surface area contributed by atoms with E-state index in [1.165, 1.54) is 23.4 Å². The van der Waals surface area contributed by atoms with Crippen molar-refractivity contribution < 1.29 is 9.13 Å². The predicted octanol–water partition coefficient (Wildman–Crippen LogP) is 4.63. The molecule has 0 saturated heterocycles. The molecule has 1 aliphatic rings. The largest absolute Gasteiger partial charge is 0.497 e. The molecule has 4 rings (SSSR count). The molecule has 0 amide bonds. The third-order valence-electron chi connectivity index (χ3n) is 5.06. The van der Waals surface area contributed by atoms with Crippen molar-refractivity contribution in [3.8, 4) is 5.75 Å². The van der Waals surface area contributed by atoms with Gasteiger partial charge in [-0.1, -0.05) is 24.3 Å². The number of aromatic nitrogens is 1. The number of rotatable bonds is 4. The second kappa shape index (κ2) is 7.34. The highest BCUT2D eigenvalue weighted by Gasteiger charge is 2.27. The number of hydrogen-bond acceptors (Lipinski definition) is 2. The normalized spacial score (nSPS) is 17.5. The number of benzene rings is 2. The van der Waals surface area contributed by atoms with Gasteiger partial charge in [0.15, 0.2) is 0 Å². The monoisotopic (exact) mass is 350 g/mol. The molecule has 2 aromatic carbocycles. The SMILES string of the molecule is COc1cccc([C@H]2c3cccn3CCCN2Cc2ccc(F)cc2)c1. The van der Waals surface area contributed by atoms with Gasteiger partial charge in [-0.05, 0) is 53.9 Å². The quantitative estimate of drug-likeness (QED) is 0.682. The summed E-state index contributed by atoms with van der Waals surface area (Å²) in [5.74, 6) is 0.675. The fourth-order valence-electron chi connectivity index (χ4n) is 3.83. The standard InChI is InChI=1S/C22H23FN2O/c1-26-20-6-2-5-18(15-20)22-21-7-3-12-24(21)13-4-14-25(22)16-17-8-10-19(23)11-9-17/h2-3,5-12,15,22H,4,13-14,16H2,1H3/t22-/m0/s1. The minimum absolute atomic E-state index is 0.146. The molecule has 3 nitrogen and oxygen atoms in total. The van der Waals surface area contributed by atoms with Crippen LogP contribution in [-0.4, -0.2) is 23.1 Å². The Morgan fingerprint density at radius 2 is 1.88 bits per heavy atom. The van der Waals surface area contributed by atoms with Crippen LogP contribution in [0.5, 0.6) is 5.75 Å². The first-order chi connectivity index (χ1) is 12.7. The van der Waals surface area contributed by atoms with Gasteiger partial charge in [-0.2, -0.15) is 0 Å². The molecule has 1 aromatic heterocycles. The highest BCUT2D eigenvalue weighted by Crippen LogP contribution is 2.34. The maximum Gasteiger partial charge on any atom is 0.123 e. The van der Waals surface area contributed by atoms with Gasteiger partial charge in [0.1, 0.15) is 11.6 Å². The van der Waals surface area contributed by atoms with Gasteiger partial charge in [0.25, 0.3) is 0 Å². The highest BCUT2D eigenvalue weighted by molar-refractivity contribution is 5.36. The van der Waals surface area contributed by atoms with Crippen molar-refractivity contribution in [3.05, 3.63) is 89.5 Å². The van der Waals surface area contributed by atoms with Crippen molar-refractivity contribution in [1.82, 2.24) is 9.47 Å². The van der Waals surface area contributed by atoms with Crippen LogP contribution in [0.15, 0.2) is 66.9 Å². The number of methoxy groups -OCH3 is 1. The molecule has 26 heavy (non-hydrogen) atoms. The molecule has 1 atom stereocenters. The molecule has 0 N–H and O–H groups in total. The van der Waals surface area contributed by atoms with Crippen LogP contribution in [0, 0.1) is 5.82 Å². The van der Waals surface area contributed by atoms with Crippen LogP contribution in [0.25, 0.3) is 0 Å². The van der Waals surface area contributed by atoms with Crippen molar-refractivity contribution >= 4 is 0 Å². The minimum Gasteiger partial charge on any atom is -0.497 e. The summed E-state index contributed by atoms with van der Waals surface area (Å²) in [6.07, 6.45) is 3.24. The van der Waals surface area contributed by atoms with Crippen molar-refractivity contribution in [2.45, 2.75) is 25.6 Å². The smallest absolute Gasteiger partial charge is 0.123 e. The van der Waals surface area contributed by atoms with E-state index in [4.69, 9.17) is 4.74 Å². The zero-order valence-corrected chi connectivity index (χ0v) is 14.9. The number of nitrogens with zero attached hydrogens (tertiary/aromatic N) is 2. The zero-order valence-electron chi connectivity index (χ0n) is 14.9. The molecule has 0 aliphatic carbocycles. The Kier molecular flexibility index (Phi) is 4.76. The number of fused-ring (bicyclic) bond motifs is 1. The fourth-order valence-corrected chi connectivity index (χ4v) is 3.83. The van der Waals surface area contributed by atoms with E-state index in [0.717, 1.165) is 37.4 Å². The number of aryl methyl sites for hydroxylation is 1. The number of hydrogen-bond donors (Lipinski definition) is 0. The maximum atomic E-state index is 13.3. The summed E-state index contributed by atoms with van der Waals surface area (Å²) < 4.78 is 21.1. The molecule has 134 valence electrons. The van der Waals surface area contributed by atoms with Crippen LogP contribution in [0.2, 0.25) is 0 Å². The van der Waals surface area contributed by atoms with Gasteiger partial charge in [0.05, 0.1) is 13.2 Å². The Balaban J connectivity index is 1.73. The predicted molar refractivity (Wildman–Crippen MR) is 101 cm³/mol. The Labute approximate surface area is 153 Å². The van der Waals surface area contributed by atoms with E-state index >= 15 is 0 Å². The third kappa shape index (κ3) is 3.37. The lowest BCUT2D eigenvalue weighted by Gasteiger charge is -2.31. The average molecular weight is 350 g/mol. The Hall–Kier alpha value is -2.59. The summed E-state index contributed by atoms with van der Waals surface area (Å²) in [4.78, 5) is 2.47. The van der Waals surface area contributed by atoms with Gasteiger partial charge in [-0.3, -0.25) is 4.90 Å². The third-order valence-corrected chi connectivity index (χ3v) is 5.06. The molecular weight excluding hydrogens is 327 g/mol. The van der Waals surface area contributed by atoms with E-state index < -0.39 is 0 Å². The lowest BCUT2D eigenvalue weighted by atomic mass is 10.0. The Bertz CT molecular complexity index is 872. The van der Waals surface area contributed by atoms with Gasteiger partial charge in [-0.15, -0.1) is 0 Å². The van der Waals surface area contributed by atoms with Crippen LogP contribution in [0.1, 0.15) is 29.3 Å². The van der Waals surface area contributed by atoms with Crippen LogP contribution in [0.3, 0.4) is 0 Å². The van der Waals surface area contributed by atoms with E-state index in [1.807, 2.05) is 24.3 Å². The Morgan fingerprint density at radius 1 is 1.04 bits per heavy atom. The first-order valence-electron chi connectivity index (χ1n) is 9.02. The van der Waals surface area contributed by atoms with E-state index in [2.05, 4.69) is 39.9 Å². The highest BCUT2D eigenvalue weighted by atomic mass is 19.1. The summed E-state index contributed by atoms with van der Waals surface area (Å²) in [6.45, 7) is 2.79. The minimum atomic E-state index is -0.192. The molecule has 0 saturated carbocycles. The number of halogens is 1. The van der Waals surface area contributed by atoms with Gasteiger partial charge >= 0.3 is 0 Å². The summed E-state index contributed by atoms with van der Waals surface area (Å²) in [7, 11) is 1.70. The lowest BCUT2D eigenvalue weighted by Crippen LogP contribution is -2.29. The van der Waals surface area contributed by atoms with Crippen LogP contribution < -0.4 is 4.74 Å². The molecule has 0 bridgehead atoms. The molecule has 3 aromatic rings. The first kappa shape index (κ1) is 16.9. The van der Waals surface area contributed by atoms with Crippen LogP contribution in [0.4, 0.5) is 4.39 Å². The summed E-state index contributed by atoms with van der Waals surface area (Å²) in [5.41, 5.74) is 3.63. The molecular formula is C22H23FN2O. The van der Waals surface area contributed by atoms with E-state index in [0.29, 0.717) is 0 Å². The molecule has 0 fully saturated rings. The second-order valence-corrected chi connectivity index (χ2v) is 6.76. The van der Waals surface area contributed by atoms with Crippen molar-refractivity contribution in [1.29, 1.82) is 0 Å². The van der Waals surface area contributed by atoms with Crippen LogP contribution in [-0.2, 0) is 13.1 Å². The lowest BCUT2D eigenvalue weighted by molar-refractivity contribution is 0.220. The number of ether oxygens (including phenoxy) is 1. The van der Waals surface area contributed by atoms with Gasteiger partial charge in [0, 0.05) is 31.5 Å². The maximum absolute atomic E-state index is 13.3. The molecule has 2 heterocycles. The molecule has 0 unspecified atom stereocenters. The topological polar surface area (TPSA) is 17.4 Å². The summed E-state index contributed by atoms with van der Waals surface area (Å²) >= 11 is 0. The summed E-state index contributed by atoms with van der Waals surface area (Å²) in [6, 6.07) is 19.6. The fraction of sp³-hybridized carbons (Fsp3) is 0.273. The van der Waals surface area contributed by atoms with E-state index in [-0.39, 0.29) is 11.9 Å². The Morgan fingerprint density at radius 3 is 2.69 bits per heavy atom. The molecule has 1 aliphatic heterocycles. The van der Waals surface area contributed by atoms with Crippen molar-refractivity contribution in [3.63, 3.8) is 0 Å². The van der Waals surface area contributed by atoms with E-state index in [9.17, 15) is 4.39 Å². The molecule has 0 radical (unpaired) electrons. The summed E-state index contributed by atoms with van der Waals surface area (Å²) in [5, 5.41) is 0. The van der Waals surface area contributed by atoms with Gasteiger partial charge in [-0.25, -0.2) is 4.39 Å². The van der Waals surface area contributed by atoms with Gasteiger partial charge < -0.3 is 9.30 Å². The van der Waals surface area contributed by atoms with Gasteiger partial charge in [0.2, 0.25) is 0 Å². The van der Waals surface area contributed by atoms with Crippen molar-refractivity contribution in [2.24, 2.45) is 0 Å². The average Bonchev–Trinajstić information content (AvgIpc) is 3.05.